The van der Waals surface area contributed by atoms with E-state index in [1.807, 2.05) is 14.1 Å². The molecule has 0 aliphatic rings. The monoisotopic (exact) mass is 233 g/mol. The molecule has 4 heteroatoms. The number of hydrogen-bond donors (Lipinski definition) is 3. The maximum Gasteiger partial charge on any atom is 0.202 e. The zero-order chi connectivity index (χ0) is 5.86. The highest BCUT2D eigenvalue weighted by Gasteiger charge is 1.99. The summed E-state index contributed by atoms with van der Waals surface area (Å²) in [4.78, 5) is 1.04. The lowest BCUT2D eigenvalue weighted by Crippen LogP contribution is -3.07. The minimum Gasteiger partial charge on any atom is -1.00 e. The summed E-state index contributed by atoms with van der Waals surface area (Å²) < 4.78 is 0. The van der Waals surface area contributed by atoms with Crippen molar-refractivity contribution >= 4 is 0 Å². The summed E-state index contributed by atoms with van der Waals surface area (Å²) in [5.41, 5.74) is 0. The molecule has 0 heterocycles. The summed E-state index contributed by atoms with van der Waals surface area (Å²) in [5.74, 6) is 0. The molecule has 0 amide bonds. The lowest BCUT2D eigenvalue weighted by Gasteiger charge is -2.06. The Bertz CT molecular complexity index is 43.3. The fourth-order valence-corrected chi connectivity index (χ4v) is 0.365. The van der Waals surface area contributed by atoms with Gasteiger partial charge in [-0.2, -0.15) is 0 Å². The van der Waals surface area contributed by atoms with Gasteiger partial charge in [-0.1, -0.05) is 0 Å². The SMILES string of the molecule is C[NH+](C)CC(O)O.[I-]. The van der Waals surface area contributed by atoms with E-state index in [4.69, 9.17) is 10.2 Å². The second-order valence-corrected chi connectivity index (χ2v) is 1.89. The highest BCUT2D eigenvalue weighted by molar-refractivity contribution is 4.22. The molecule has 0 saturated carbocycles. The number of aliphatic hydroxyl groups excluding tert-OH is 1. The van der Waals surface area contributed by atoms with Crippen LogP contribution in [0, 0.1) is 0 Å². The van der Waals surface area contributed by atoms with Crippen LogP contribution in [0.4, 0.5) is 0 Å². The Morgan fingerprint density at radius 1 is 1.38 bits per heavy atom. The maximum absolute atomic E-state index is 8.26. The fourth-order valence-electron chi connectivity index (χ4n) is 0.365. The quantitative estimate of drug-likeness (QED) is 0.329. The molecule has 0 aromatic rings. The van der Waals surface area contributed by atoms with Crippen LogP contribution in [-0.2, 0) is 0 Å². The van der Waals surface area contributed by atoms with E-state index in [1.54, 1.807) is 0 Å². The first kappa shape index (κ1) is 11.4. The van der Waals surface area contributed by atoms with Crippen LogP contribution >= 0.6 is 0 Å². The molecule has 0 atom stereocenters. The van der Waals surface area contributed by atoms with E-state index in [0.717, 1.165) is 4.90 Å². The molecule has 0 rings (SSSR count). The van der Waals surface area contributed by atoms with Gasteiger partial charge >= 0.3 is 0 Å². The third-order valence-corrected chi connectivity index (χ3v) is 0.591. The second-order valence-electron chi connectivity index (χ2n) is 1.89. The molecule has 0 spiro atoms. The Kier molecular flexibility index (Phi) is 8.19. The minimum absolute atomic E-state index is 0. The Morgan fingerprint density at radius 3 is 1.75 bits per heavy atom. The van der Waals surface area contributed by atoms with E-state index in [2.05, 4.69) is 0 Å². The van der Waals surface area contributed by atoms with Crippen LogP contribution in [0.5, 0.6) is 0 Å². The molecule has 0 radical (unpaired) electrons. The topological polar surface area (TPSA) is 44.9 Å². The van der Waals surface area contributed by atoms with Crippen molar-refractivity contribution in [2.75, 3.05) is 20.6 Å². The predicted molar refractivity (Wildman–Crippen MR) is 25.9 cm³/mol. The minimum atomic E-state index is -1.16. The molecular weight excluding hydrogens is 221 g/mol. The molecule has 0 unspecified atom stereocenters. The molecule has 3 nitrogen and oxygen atoms in total. The zero-order valence-corrected chi connectivity index (χ0v) is 7.21. The number of aliphatic hydroxyl groups is 2. The van der Waals surface area contributed by atoms with Crippen LogP contribution < -0.4 is 28.9 Å². The lowest BCUT2D eigenvalue weighted by molar-refractivity contribution is -0.865. The van der Waals surface area contributed by atoms with Crippen LogP contribution in [-0.4, -0.2) is 37.1 Å². The molecule has 0 fully saturated rings. The highest BCUT2D eigenvalue weighted by Crippen LogP contribution is 1.59. The zero-order valence-electron chi connectivity index (χ0n) is 5.06. The molecule has 0 aliphatic carbocycles. The first-order valence-electron chi connectivity index (χ1n) is 2.28. The van der Waals surface area contributed by atoms with Crippen molar-refractivity contribution in [2.24, 2.45) is 0 Å². The van der Waals surface area contributed by atoms with Gasteiger partial charge in [0.2, 0.25) is 6.29 Å². The van der Waals surface area contributed by atoms with E-state index in [-0.39, 0.29) is 24.0 Å². The van der Waals surface area contributed by atoms with E-state index in [1.165, 1.54) is 0 Å². The van der Waals surface area contributed by atoms with Gasteiger partial charge in [-0.15, -0.1) is 0 Å². The maximum atomic E-state index is 8.26. The molecule has 52 valence electrons. The van der Waals surface area contributed by atoms with Crippen molar-refractivity contribution in [3.8, 4) is 0 Å². The van der Waals surface area contributed by atoms with Crippen molar-refractivity contribution in [1.29, 1.82) is 0 Å². The van der Waals surface area contributed by atoms with Gasteiger partial charge < -0.3 is 39.1 Å². The predicted octanol–water partition coefficient (Wildman–Crippen LogP) is -5.55. The summed E-state index contributed by atoms with van der Waals surface area (Å²) in [5, 5.41) is 16.5. The first-order valence-corrected chi connectivity index (χ1v) is 2.28. The Morgan fingerprint density at radius 2 is 1.75 bits per heavy atom. The van der Waals surface area contributed by atoms with Crippen LogP contribution in [0.2, 0.25) is 0 Å². The van der Waals surface area contributed by atoms with Crippen molar-refractivity contribution in [2.45, 2.75) is 6.29 Å². The molecule has 0 aromatic carbocycles. The molecule has 0 bridgehead atoms. The Hall–Kier alpha value is 0.610. The van der Waals surface area contributed by atoms with Gasteiger partial charge in [-0.3, -0.25) is 0 Å². The Balaban J connectivity index is 0. The first-order chi connectivity index (χ1) is 3.13. The molecule has 8 heavy (non-hydrogen) atoms. The lowest BCUT2D eigenvalue weighted by atomic mass is 10.6. The van der Waals surface area contributed by atoms with Gasteiger partial charge in [0.1, 0.15) is 6.54 Å². The van der Waals surface area contributed by atoms with E-state index < -0.39 is 6.29 Å². The largest absolute Gasteiger partial charge is 1.00 e. The van der Waals surface area contributed by atoms with E-state index in [0.29, 0.717) is 6.54 Å². The van der Waals surface area contributed by atoms with Crippen LogP contribution in [0.15, 0.2) is 0 Å². The van der Waals surface area contributed by atoms with Gasteiger partial charge in [0.05, 0.1) is 14.1 Å². The van der Waals surface area contributed by atoms with Crippen LogP contribution in [0.3, 0.4) is 0 Å². The molecule has 0 aromatic heterocycles. The summed E-state index contributed by atoms with van der Waals surface area (Å²) in [7, 11) is 3.72. The fraction of sp³-hybridized carbons (Fsp3) is 1.00. The third-order valence-electron chi connectivity index (χ3n) is 0.591. The second kappa shape index (κ2) is 5.74. The van der Waals surface area contributed by atoms with E-state index in [9.17, 15) is 0 Å². The summed E-state index contributed by atoms with van der Waals surface area (Å²) in [6, 6.07) is 0. The number of quaternary nitrogens is 1. The standard InChI is InChI=1S/C4H11NO2.HI/c1-5(2)3-4(6)7;/h4,6-7H,3H2,1-2H3;1H. The molecule has 0 saturated heterocycles. The number of nitrogens with one attached hydrogen (secondary N) is 1. The normalized spacial score (nSPS) is 9.75. The van der Waals surface area contributed by atoms with Gasteiger partial charge in [0.25, 0.3) is 0 Å². The summed E-state index contributed by atoms with van der Waals surface area (Å²) in [6.45, 7) is 0.389. The van der Waals surface area contributed by atoms with Crippen LogP contribution in [0.1, 0.15) is 0 Å². The van der Waals surface area contributed by atoms with Crippen molar-refractivity contribution in [3.05, 3.63) is 0 Å². The van der Waals surface area contributed by atoms with Crippen molar-refractivity contribution in [1.82, 2.24) is 0 Å². The average molecular weight is 233 g/mol. The molecular formula is C4H12INO2. The van der Waals surface area contributed by atoms with Gasteiger partial charge in [-0.25, -0.2) is 0 Å². The molecule has 0 aliphatic heterocycles. The van der Waals surface area contributed by atoms with Crippen LogP contribution in [0.25, 0.3) is 0 Å². The molecule has 3 N–H and O–H groups in total. The number of hydrogen-bond acceptors (Lipinski definition) is 2. The average Bonchev–Trinajstić information content (AvgIpc) is 1.27. The highest BCUT2D eigenvalue weighted by atomic mass is 127. The van der Waals surface area contributed by atoms with Crippen molar-refractivity contribution < 1.29 is 39.1 Å². The number of likely N-dealkylation sites (N-methyl/N-ethyl adjacent to an activating group) is 1. The summed E-state index contributed by atoms with van der Waals surface area (Å²) >= 11 is 0. The van der Waals surface area contributed by atoms with Gasteiger partial charge in [0, 0.05) is 0 Å². The summed E-state index contributed by atoms with van der Waals surface area (Å²) in [6.07, 6.45) is -1.16. The third kappa shape index (κ3) is 9.79. The van der Waals surface area contributed by atoms with E-state index >= 15 is 0 Å². The Labute approximate surface area is 66.3 Å². The number of rotatable bonds is 2. The smallest absolute Gasteiger partial charge is 0.202 e. The van der Waals surface area contributed by atoms with Gasteiger partial charge in [0.15, 0.2) is 0 Å². The number of halogens is 1. The van der Waals surface area contributed by atoms with Gasteiger partial charge in [-0.05, 0) is 0 Å². The van der Waals surface area contributed by atoms with Crippen molar-refractivity contribution in [3.63, 3.8) is 0 Å².